The van der Waals surface area contributed by atoms with Gasteiger partial charge in [-0.1, -0.05) is 147 Å². The third kappa shape index (κ3) is 6.66. The summed E-state index contributed by atoms with van der Waals surface area (Å²) in [6, 6.07) is 72.3. The van der Waals surface area contributed by atoms with Crippen LogP contribution in [0.15, 0.2) is 211 Å². The summed E-state index contributed by atoms with van der Waals surface area (Å²) < 4.78 is 6.04. The monoisotopic (exact) mass is 736 g/mol. The van der Waals surface area contributed by atoms with Gasteiger partial charge in [0.15, 0.2) is 0 Å². The van der Waals surface area contributed by atoms with E-state index in [0.717, 1.165) is 61.9 Å². The number of fused-ring (bicyclic) bond motifs is 2. The summed E-state index contributed by atoms with van der Waals surface area (Å²) in [7, 11) is 0. The molecule has 1 aliphatic rings. The standard InChI is InChI=1S/C50H34N4O.C2H6/c1-3-15-37(16-4-1)49-51-52-50(55-49)38-29-27-35(28-30-38)41-19-7-9-21-43(41)44-22-10-8-20-42(44)36-31-33-40(34-32-36)54-47-25-13-11-23-45(47)53(39-17-5-2-6-18-39)46-24-12-14-26-48(46)54;1-2/h1-34H;1-2H3. The Labute approximate surface area is 333 Å². The largest absolute Gasteiger partial charge is 0.416 e. The molecule has 0 saturated heterocycles. The van der Waals surface area contributed by atoms with Crippen LogP contribution >= 0.6 is 0 Å². The van der Waals surface area contributed by atoms with E-state index in [-0.39, 0.29) is 0 Å². The molecule has 0 amide bonds. The second-order valence-corrected chi connectivity index (χ2v) is 13.5. The van der Waals surface area contributed by atoms with Gasteiger partial charge >= 0.3 is 0 Å². The van der Waals surface area contributed by atoms with Crippen molar-refractivity contribution >= 4 is 34.1 Å². The van der Waals surface area contributed by atoms with Crippen LogP contribution in [0.5, 0.6) is 0 Å². The maximum atomic E-state index is 6.04. The molecule has 274 valence electrons. The minimum atomic E-state index is 0.498. The average molecular weight is 737 g/mol. The maximum Gasteiger partial charge on any atom is 0.248 e. The van der Waals surface area contributed by atoms with E-state index in [1.165, 1.54) is 16.7 Å². The van der Waals surface area contributed by atoms with Gasteiger partial charge in [-0.05, 0) is 106 Å². The summed E-state index contributed by atoms with van der Waals surface area (Å²) in [4.78, 5) is 4.72. The molecule has 0 N–H and O–H groups in total. The molecule has 1 aliphatic heterocycles. The summed E-state index contributed by atoms with van der Waals surface area (Å²) in [5.74, 6) is 1.01. The van der Waals surface area contributed by atoms with Crippen LogP contribution < -0.4 is 9.80 Å². The molecule has 0 saturated carbocycles. The van der Waals surface area contributed by atoms with Gasteiger partial charge in [-0.2, -0.15) is 0 Å². The Morgan fingerprint density at radius 1 is 0.298 bits per heavy atom. The van der Waals surface area contributed by atoms with Crippen molar-refractivity contribution in [1.29, 1.82) is 0 Å². The average Bonchev–Trinajstić information content (AvgIpc) is 3.80. The molecule has 0 bridgehead atoms. The molecule has 0 spiro atoms. The van der Waals surface area contributed by atoms with E-state index >= 15 is 0 Å². The van der Waals surface area contributed by atoms with Crippen LogP contribution in [0.2, 0.25) is 0 Å². The van der Waals surface area contributed by atoms with Crippen molar-refractivity contribution in [3.63, 3.8) is 0 Å². The van der Waals surface area contributed by atoms with E-state index in [4.69, 9.17) is 4.42 Å². The van der Waals surface area contributed by atoms with Gasteiger partial charge in [0.1, 0.15) is 0 Å². The molecule has 10 rings (SSSR count). The Kier molecular flexibility index (Phi) is 9.70. The quantitative estimate of drug-likeness (QED) is 0.163. The third-order valence-electron chi connectivity index (χ3n) is 10.2. The highest BCUT2D eigenvalue weighted by molar-refractivity contribution is 6.01. The topological polar surface area (TPSA) is 45.4 Å². The minimum absolute atomic E-state index is 0.498. The van der Waals surface area contributed by atoms with Crippen molar-refractivity contribution in [3.05, 3.63) is 206 Å². The third-order valence-corrected chi connectivity index (χ3v) is 10.2. The zero-order chi connectivity index (χ0) is 38.6. The molecule has 57 heavy (non-hydrogen) atoms. The van der Waals surface area contributed by atoms with Gasteiger partial charge in [0.25, 0.3) is 0 Å². The van der Waals surface area contributed by atoms with Gasteiger partial charge in [0, 0.05) is 22.5 Å². The number of anilines is 6. The lowest BCUT2D eigenvalue weighted by atomic mass is 9.89. The minimum Gasteiger partial charge on any atom is -0.416 e. The molecule has 0 aliphatic carbocycles. The second kappa shape index (κ2) is 15.7. The highest BCUT2D eigenvalue weighted by Crippen LogP contribution is 2.54. The van der Waals surface area contributed by atoms with Crippen molar-refractivity contribution in [1.82, 2.24) is 10.2 Å². The summed E-state index contributed by atoms with van der Waals surface area (Å²) in [6.45, 7) is 4.00. The molecular weight excluding hydrogens is 697 g/mol. The molecule has 0 atom stereocenters. The van der Waals surface area contributed by atoms with Crippen molar-refractivity contribution in [2.45, 2.75) is 13.8 Å². The molecule has 5 heteroatoms. The number of rotatable bonds is 7. The molecule has 0 unspecified atom stereocenters. The van der Waals surface area contributed by atoms with Crippen molar-refractivity contribution in [2.24, 2.45) is 0 Å². The number of hydrogen-bond donors (Lipinski definition) is 0. The van der Waals surface area contributed by atoms with Crippen LogP contribution in [0.4, 0.5) is 34.1 Å². The fourth-order valence-corrected chi connectivity index (χ4v) is 7.64. The molecule has 0 radical (unpaired) electrons. The van der Waals surface area contributed by atoms with Gasteiger partial charge in [-0.3, -0.25) is 0 Å². The number of para-hydroxylation sites is 5. The number of nitrogens with zero attached hydrogens (tertiary/aromatic N) is 4. The Morgan fingerprint density at radius 2 is 0.614 bits per heavy atom. The van der Waals surface area contributed by atoms with Gasteiger partial charge < -0.3 is 14.2 Å². The van der Waals surface area contributed by atoms with Gasteiger partial charge in [-0.25, -0.2) is 0 Å². The maximum absolute atomic E-state index is 6.04. The molecule has 1 aromatic heterocycles. The van der Waals surface area contributed by atoms with E-state index in [9.17, 15) is 0 Å². The zero-order valence-electron chi connectivity index (χ0n) is 31.8. The number of benzene rings is 8. The SMILES string of the molecule is CC.c1ccc(-c2nnc(-c3ccc(-c4ccccc4-c4ccccc4-c4ccc(N5c6ccccc6N(c6ccccc6)c6ccccc65)cc4)cc3)o2)cc1. The lowest BCUT2D eigenvalue weighted by Gasteiger charge is -2.40. The lowest BCUT2D eigenvalue weighted by Crippen LogP contribution is -2.23. The van der Waals surface area contributed by atoms with Crippen LogP contribution in [0.1, 0.15) is 13.8 Å². The van der Waals surface area contributed by atoms with Crippen LogP contribution in [-0.4, -0.2) is 10.2 Å². The van der Waals surface area contributed by atoms with Gasteiger partial charge in [0.05, 0.1) is 22.7 Å². The van der Waals surface area contributed by atoms with E-state index in [0.29, 0.717) is 11.8 Å². The highest BCUT2D eigenvalue weighted by Gasteiger charge is 2.30. The fraction of sp³-hybridized carbons (Fsp3) is 0.0385. The first-order valence-electron chi connectivity index (χ1n) is 19.4. The Hall–Kier alpha value is -7.50. The van der Waals surface area contributed by atoms with Crippen LogP contribution in [-0.2, 0) is 0 Å². The lowest BCUT2D eigenvalue weighted by molar-refractivity contribution is 0.584. The van der Waals surface area contributed by atoms with Crippen molar-refractivity contribution < 1.29 is 4.42 Å². The predicted molar refractivity (Wildman–Crippen MR) is 236 cm³/mol. The van der Waals surface area contributed by atoms with Crippen LogP contribution in [0.3, 0.4) is 0 Å². The molecule has 8 aromatic carbocycles. The second-order valence-electron chi connectivity index (χ2n) is 13.5. The van der Waals surface area contributed by atoms with Crippen LogP contribution in [0, 0.1) is 0 Å². The number of hydrogen-bond acceptors (Lipinski definition) is 5. The Morgan fingerprint density at radius 3 is 1.07 bits per heavy atom. The summed E-state index contributed by atoms with van der Waals surface area (Å²) in [5.41, 5.74) is 15.5. The van der Waals surface area contributed by atoms with Crippen molar-refractivity contribution in [2.75, 3.05) is 9.80 Å². The Bertz CT molecular complexity index is 2710. The molecule has 9 aromatic rings. The highest BCUT2D eigenvalue weighted by atomic mass is 16.4. The normalized spacial score (nSPS) is 11.6. The van der Waals surface area contributed by atoms with Gasteiger partial charge in [0.2, 0.25) is 11.8 Å². The molecule has 5 nitrogen and oxygen atoms in total. The van der Waals surface area contributed by atoms with Crippen molar-refractivity contribution in [3.8, 4) is 56.3 Å². The van der Waals surface area contributed by atoms with Crippen LogP contribution in [0.25, 0.3) is 56.3 Å². The molecular formula is C52H40N4O. The first-order chi connectivity index (χ1) is 28.3. The summed E-state index contributed by atoms with van der Waals surface area (Å²) in [5, 5.41) is 8.61. The number of aromatic nitrogens is 2. The zero-order valence-corrected chi connectivity index (χ0v) is 31.8. The van der Waals surface area contributed by atoms with E-state index in [1.807, 2.05) is 44.2 Å². The first kappa shape index (κ1) is 35.2. The predicted octanol–water partition coefficient (Wildman–Crippen LogP) is 14.7. The summed E-state index contributed by atoms with van der Waals surface area (Å²) in [6.07, 6.45) is 0. The van der Waals surface area contributed by atoms with E-state index in [2.05, 4.69) is 196 Å². The van der Waals surface area contributed by atoms with E-state index < -0.39 is 0 Å². The van der Waals surface area contributed by atoms with Gasteiger partial charge in [-0.15, -0.1) is 10.2 Å². The molecule has 2 heterocycles. The first-order valence-corrected chi connectivity index (χ1v) is 19.4. The molecule has 0 fully saturated rings. The smallest absolute Gasteiger partial charge is 0.248 e. The fourth-order valence-electron chi connectivity index (χ4n) is 7.64. The van der Waals surface area contributed by atoms with E-state index in [1.54, 1.807) is 0 Å². The Balaban J connectivity index is 0.00000208. The summed E-state index contributed by atoms with van der Waals surface area (Å²) >= 11 is 0.